The molecular weight excluding hydrogens is 386 g/mol. The van der Waals surface area contributed by atoms with Gasteiger partial charge in [0.1, 0.15) is 0 Å². The van der Waals surface area contributed by atoms with Crippen molar-refractivity contribution in [2.45, 2.75) is 32.6 Å². The van der Waals surface area contributed by atoms with Crippen LogP contribution in [0.15, 0.2) is 53.4 Å². The first-order chi connectivity index (χ1) is 13.8. The molecule has 0 aliphatic heterocycles. The third-order valence-electron chi connectivity index (χ3n) is 4.89. The predicted molar refractivity (Wildman–Crippen MR) is 116 cm³/mol. The van der Waals surface area contributed by atoms with E-state index < -0.39 is 10.0 Å². The van der Waals surface area contributed by atoms with Gasteiger partial charge < -0.3 is 5.32 Å². The van der Waals surface area contributed by atoms with E-state index in [4.69, 9.17) is 0 Å². The summed E-state index contributed by atoms with van der Waals surface area (Å²) in [7, 11) is -3.61. The van der Waals surface area contributed by atoms with E-state index in [0.29, 0.717) is 24.3 Å². The van der Waals surface area contributed by atoms with Gasteiger partial charge in [-0.15, -0.1) is 0 Å². The van der Waals surface area contributed by atoms with Crippen LogP contribution < -0.4 is 5.32 Å². The molecule has 1 heterocycles. The lowest BCUT2D eigenvalue weighted by molar-refractivity contribution is 0.102. The van der Waals surface area contributed by atoms with Crippen molar-refractivity contribution in [3.8, 4) is 0 Å². The number of rotatable bonds is 6. The standard InChI is InChI=1S/C22H25N3O3S/c1-5-25(6-2)29(27,28)17-12-11-15(3)21(14-17)24-22(26)19-13-16(4)23-20-10-8-7-9-18(19)20/h7-14H,5-6H2,1-4H3,(H,24,26). The molecule has 0 spiro atoms. The molecule has 0 unspecified atom stereocenters. The summed E-state index contributed by atoms with van der Waals surface area (Å²) in [5.41, 5.74) is 3.24. The number of carbonyl (C=O) groups is 1. The molecule has 29 heavy (non-hydrogen) atoms. The van der Waals surface area contributed by atoms with Crippen molar-refractivity contribution in [1.29, 1.82) is 0 Å². The van der Waals surface area contributed by atoms with E-state index in [1.807, 2.05) is 38.1 Å². The second kappa shape index (κ2) is 8.31. The van der Waals surface area contributed by atoms with Gasteiger partial charge in [0.15, 0.2) is 0 Å². The van der Waals surface area contributed by atoms with Crippen LogP contribution in [0.3, 0.4) is 0 Å². The van der Waals surface area contributed by atoms with Crippen molar-refractivity contribution >= 4 is 32.5 Å². The zero-order valence-electron chi connectivity index (χ0n) is 17.1. The van der Waals surface area contributed by atoms with Crippen molar-refractivity contribution in [2.24, 2.45) is 0 Å². The minimum absolute atomic E-state index is 0.165. The Morgan fingerprint density at radius 2 is 1.72 bits per heavy atom. The number of fused-ring (bicyclic) bond motifs is 1. The molecule has 0 aliphatic carbocycles. The highest BCUT2D eigenvalue weighted by Gasteiger charge is 2.23. The Hall–Kier alpha value is -2.77. The highest BCUT2D eigenvalue weighted by molar-refractivity contribution is 7.89. The smallest absolute Gasteiger partial charge is 0.256 e. The van der Waals surface area contributed by atoms with Gasteiger partial charge in [-0.1, -0.05) is 38.1 Å². The predicted octanol–water partition coefficient (Wildman–Crippen LogP) is 4.13. The minimum Gasteiger partial charge on any atom is -0.322 e. The fourth-order valence-electron chi connectivity index (χ4n) is 3.29. The van der Waals surface area contributed by atoms with Crippen molar-refractivity contribution in [2.75, 3.05) is 18.4 Å². The molecular formula is C22H25N3O3S. The van der Waals surface area contributed by atoms with E-state index in [9.17, 15) is 13.2 Å². The van der Waals surface area contributed by atoms with Crippen LogP contribution in [-0.4, -0.2) is 36.7 Å². The van der Waals surface area contributed by atoms with Crippen LogP contribution in [0, 0.1) is 13.8 Å². The lowest BCUT2D eigenvalue weighted by Crippen LogP contribution is -2.30. The first-order valence-electron chi connectivity index (χ1n) is 9.56. The molecule has 7 heteroatoms. The SMILES string of the molecule is CCN(CC)S(=O)(=O)c1ccc(C)c(NC(=O)c2cc(C)nc3ccccc23)c1. The lowest BCUT2D eigenvalue weighted by Gasteiger charge is -2.19. The molecule has 2 aromatic carbocycles. The van der Waals surface area contributed by atoms with Crippen LogP contribution in [0.2, 0.25) is 0 Å². The van der Waals surface area contributed by atoms with E-state index >= 15 is 0 Å². The molecule has 0 saturated heterocycles. The van der Waals surface area contributed by atoms with Crippen LogP contribution in [0.1, 0.15) is 35.5 Å². The van der Waals surface area contributed by atoms with Crippen LogP contribution in [0.4, 0.5) is 5.69 Å². The molecule has 6 nitrogen and oxygen atoms in total. The summed E-state index contributed by atoms with van der Waals surface area (Å²) in [6.45, 7) is 8.04. The molecule has 0 saturated carbocycles. The van der Waals surface area contributed by atoms with E-state index in [1.54, 1.807) is 32.0 Å². The number of para-hydroxylation sites is 1. The zero-order chi connectivity index (χ0) is 21.2. The monoisotopic (exact) mass is 411 g/mol. The van der Waals surface area contributed by atoms with E-state index in [-0.39, 0.29) is 10.8 Å². The summed E-state index contributed by atoms with van der Waals surface area (Å²) >= 11 is 0. The van der Waals surface area contributed by atoms with Crippen molar-refractivity contribution in [3.05, 3.63) is 65.4 Å². The number of amides is 1. The number of aromatic nitrogens is 1. The van der Waals surface area contributed by atoms with Gasteiger partial charge in [0.25, 0.3) is 5.91 Å². The molecule has 152 valence electrons. The summed E-state index contributed by atoms with van der Waals surface area (Å²) in [5, 5.41) is 3.63. The molecule has 0 aliphatic rings. The number of hydrogen-bond acceptors (Lipinski definition) is 4. The van der Waals surface area contributed by atoms with Gasteiger partial charge in [-0.2, -0.15) is 4.31 Å². The highest BCUT2D eigenvalue weighted by atomic mass is 32.2. The van der Waals surface area contributed by atoms with Gasteiger partial charge in [-0.3, -0.25) is 9.78 Å². The number of carbonyl (C=O) groups excluding carboxylic acids is 1. The van der Waals surface area contributed by atoms with Gasteiger partial charge in [-0.05, 0) is 43.7 Å². The van der Waals surface area contributed by atoms with Crippen molar-refractivity contribution < 1.29 is 13.2 Å². The highest BCUT2D eigenvalue weighted by Crippen LogP contribution is 2.25. The molecule has 1 amide bonds. The Bertz CT molecular complexity index is 1170. The zero-order valence-corrected chi connectivity index (χ0v) is 17.9. The van der Waals surface area contributed by atoms with Crippen LogP contribution >= 0.6 is 0 Å². The molecule has 3 aromatic rings. The molecule has 0 bridgehead atoms. The number of sulfonamides is 1. The van der Waals surface area contributed by atoms with Crippen LogP contribution in [-0.2, 0) is 10.0 Å². The Balaban J connectivity index is 2.00. The molecule has 1 aromatic heterocycles. The first kappa shape index (κ1) is 21.0. The summed E-state index contributed by atoms with van der Waals surface area (Å²) < 4.78 is 27.1. The van der Waals surface area contributed by atoms with E-state index in [2.05, 4.69) is 10.3 Å². The molecule has 1 N–H and O–H groups in total. The Labute approximate surface area is 171 Å². The minimum atomic E-state index is -3.61. The van der Waals surface area contributed by atoms with Crippen LogP contribution in [0.5, 0.6) is 0 Å². The average molecular weight is 412 g/mol. The lowest BCUT2D eigenvalue weighted by atomic mass is 10.1. The van der Waals surface area contributed by atoms with Gasteiger partial charge in [0.2, 0.25) is 10.0 Å². The number of anilines is 1. The maximum atomic E-state index is 13.0. The maximum Gasteiger partial charge on any atom is 0.256 e. The summed E-state index contributed by atoms with van der Waals surface area (Å²) in [6, 6.07) is 14.0. The van der Waals surface area contributed by atoms with Crippen LogP contribution in [0.25, 0.3) is 10.9 Å². The average Bonchev–Trinajstić information content (AvgIpc) is 2.69. The summed E-state index contributed by atoms with van der Waals surface area (Å²) in [6.07, 6.45) is 0. The Kier molecular flexibility index (Phi) is 6.00. The number of hydrogen-bond donors (Lipinski definition) is 1. The Morgan fingerprint density at radius 1 is 1.03 bits per heavy atom. The second-order valence-corrected chi connectivity index (χ2v) is 8.79. The number of nitrogens with zero attached hydrogens (tertiary/aromatic N) is 2. The quantitative estimate of drug-likeness (QED) is 0.661. The van der Waals surface area contributed by atoms with Gasteiger partial charge in [0.05, 0.1) is 16.0 Å². The Morgan fingerprint density at radius 3 is 2.41 bits per heavy atom. The fourth-order valence-corrected chi connectivity index (χ4v) is 4.78. The third kappa shape index (κ3) is 4.16. The number of pyridine rings is 1. The number of benzene rings is 2. The van der Waals surface area contributed by atoms with E-state index in [1.165, 1.54) is 10.4 Å². The largest absolute Gasteiger partial charge is 0.322 e. The van der Waals surface area contributed by atoms with Gasteiger partial charge >= 0.3 is 0 Å². The topological polar surface area (TPSA) is 79.4 Å². The molecule has 0 atom stereocenters. The molecule has 0 fully saturated rings. The first-order valence-corrected chi connectivity index (χ1v) is 11.0. The van der Waals surface area contributed by atoms with Crippen molar-refractivity contribution in [1.82, 2.24) is 9.29 Å². The van der Waals surface area contributed by atoms with Crippen molar-refractivity contribution in [3.63, 3.8) is 0 Å². The fraction of sp³-hybridized carbons (Fsp3) is 0.273. The number of aryl methyl sites for hydroxylation is 2. The maximum absolute atomic E-state index is 13.0. The van der Waals surface area contributed by atoms with Gasteiger partial charge in [-0.25, -0.2) is 8.42 Å². The number of nitrogens with one attached hydrogen (secondary N) is 1. The molecule has 0 radical (unpaired) electrons. The van der Waals surface area contributed by atoms with E-state index in [0.717, 1.165) is 22.2 Å². The normalized spacial score (nSPS) is 11.8. The third-order valence-corrected chi connectivity index (χ3v) is 6.94. The molecule has 3 rings (SSSR count). The second-order valence-electron chi connectivity index (χ2n) is 6.85. The summed E-state index contributed by atoms with van der Waals surface area (Å²) in [4.78, 5) is 17.7. The van der Waals surface area contributed by atoms with Gasteiger partial charge in [0, 0.05) is 29.9 Å². The summed E-state index contributed by atoms with van der Waals surface area (Å²) in [5.74, 6) is -0.299.